The molecular formula is C28H40N2O3. The maximum absolute atomic E-state index is 13.4. The SMILES string of the molecule is CC[C@@H](C(=O)NCC(C)C)N(Cc1cccc(C)c1)C(=O)COc1ccccc1C(C)(C)C. The van der Waals surface area contributed by atoms with E-state index < -0.39 is 6.04 Å². The summed E-state index contributed by atoms with van der Waals surface area (Å²) >= 11 is 0. The molecule has 2 aromatic carbocycles. The molecule has 5 heteroatoms. The van der Waals surface area contributed by atoms with Crippen LogP contribution in [0, 0.1) is 12.8 Å². The van der Waals surface area contributed by atoms with Crippen LogP contribution < -0.4 is 10.1 Å². The van der Waals surface area contributed by atoms with Crippen molar-refractivity contribution < 1.29 is 14.3 Å². The lowest BCUT2D eigenvalue weighted by molar-refractivity contribution is -0.143. The Labute approximate surface area is 199 Å². The normalized spacial score (nSPS) is 12.4. The summed E-state index contributed by atoms with van der Waals surface area (Å²) in [7, 11) is 0. The van der Waals surface area contributed by atoms with E-state index in [0.717, 1.165) is 16.7 Å². The van der Waals surface area contributed by atoms with E-state index in [1.165, 1.54) is 0 Å². The largest absolute Gasteiger partial charge is 0.483 e. The zero-order valence-corrected chi connectivity index (χ0v) is 21.3. The highest BCUT2D eigenvalue weighted by Gasteiger charge is 2.29. The second kappa shape index (κ2) is 11.9. The van der Waals surface area contributed by atoms with E-state index in [4.69, 9.17) is 4.74 Å². The van der Waals surface area contributed by atoms with E-state index in [0.29, 0.717) is 31.2 Å². The van der Waals surface area contributed by atoms with Gasteiger partial charge >= 0.3 is 0 Å². The molecule has 1 N–H and O–H groups in total. The van der Waals surface area contributed by atoms with Crippen molar-refractivity contribution >= 4 is 11.8 Å². The summed E-state index contributed by atoms with van der Waals surface area (Å²) < 4.78 is 6.02. The Kier molecular flexibility index (Phi) is 9.51. The van der Waals surface area contributed by atoms with Crippen LogP contribution >= 0.6 is 0 Å². The number of para-hydroxylation sites is 1. The summed E-state index contributed by atoms with van der Waals surface area (Å²) in [6.45, 7) is 15.2. The van der Waals surface area contributed by atoms with E-state index in [1.807, 2.05) is 56.3 Å². The second-order valence-electron chi connectivity index (χ2n) is 10.1. The average molecular weight is 453 g/mol. The lowest BCUT2D eigenvalue weighted by Crippen LogP contribution is -2.50. The van der Waals surface area contributed by atoms with Crippen LogP contribution in [0.5, 0.6) is 5.75 Å². The Bertz CT molecular complexity index is 931. The molecular weight excluding hydrogens is 412 g/mol. The first-order valence-electron chi connectivity index (χ1n) is 11.9. The molecule has 0 radical (unpaired) electrons. The lowest BCUT2D eigenvalue weighted by Gasteiger charge is -2.31. The van der Waals surface area contributed by atoms with Crippen molar-refractivity contribution in [1.29, 1.82) is 0 Å². The third-order valence-corrected chi connectivity index (χ3v) is 5.55. The van der Waals surface area contributed by atoms with E-state index in [2.05, 4.69) is 46.0 Å². The Hall–Kier alpha value is -2.82. The van der Waals surface area contributed by atoms with Gasteiger partial charge < -0.3 is 15.0 Å². The van der Waals surface area contributed by atoms with Gasteiger partial charge in [-0.2, -0.15) is 0 Å². The van der Waals surface area contributed by atoms with Crippen molar-refractivity contribution in [2.75, 3.05) is 13.2 Å². The number of benzene rings is 2. The number of carbonyl (C=O) groups is 2. The first-order valence-corrected chi connectivity index (χ1v) is 11.9. The van der Waals surface area contributed by atoms with Crippen LogP contribution in [0.25, 0.3) is 0 Å². The molecule has 0 saturated heterocycles. The molecule has 0 aliphatic carbocycles. The van der Waals surface area contributed by atoms with Crippen LogP contribution in [-0.4, -0.2) is 35.9 Å². The molecule has 0 fully saturated rings. The fraction of sp³-hybridized carbons (Fsp3) is 0.500. The summed E-state index contributed by atoms with van der Waals surface area (Å²) in [5.41, 5.74) is 3.05. The number of hydrogen-bond donors (Lipinski definition) is 1. The number of nitrogens with one attached hydrogen (secondary N) is 1. The zero-order chi connectivity index (χ0) is 24.6. The van der Waals surface area contributed by atoms with Crippen molar-refractivity contribution in [3.8, 4) is 5.75 Å². The Morgan fingerprint density at radius 3 is 2.36 bits per heavy atom. The van der Waals surface area contributed by atoms with Crippen molar-refractivity contribution in [2.45, 2.75) is 72.9 Å². The Balaban J connectivity index is 2.26. The molecule has 0 saturated carbocycles. The highest BCUT2D eigenvalue weighted by Crippen LogP contribution is 2.31. The summed E-state index contributed by atoms with van der Waals surface area (Å²) in [5.74, 6) is 0.713. The topological polar surface area (TPSA) is 58.6 Å². The van der Waals surface area contributed by atoms with Crippen molar-refractivity contribution in [3.05, 3.63) is 65.2 Å². The fourth-order valence-corrected chi connectivity index (χ4v) is 3.78. The van der Waals surface area contributed by atoms with Gasteiger partial charge in [0.25, 0.3) is 5.91 Å². The first-order chi connectivity index (χ1) is 15.5. The number of hydrogen-bond acceptors (Lipinski definition) is 3. The van der Waals surface area contributed by atoms with E-state index in [9.17, 15) is 9.59 Å². The van der Waals surface area contributed by atoms with E-state index >= 15 is 0 Å². The lowest BCUT2D eigenvalue weighted by atomic mass is 9.86. The van der Waals surface area contributed by atoms with Crippen molar-refractivity contribution in [2.24, 2.45) is 5.92 Å². The number of carbonyl (C=O) groups excluding carboxylic acids is 2. The minimum absolute atomic E-state index is 0.108. The van der Waals surface area contributed by atoms with Crippen LogP contribution in [0.1, 0.15) is 64.7 Å². The molecule has 0 bridgehead atoms. The molecule has 2 amide bonds. The van der Waals surface area contributed by atoms with Crippen LogP contribution in [-0.2, 0) is 21.5 Å². The van der Waals surface area contributed by atoms with Gasteiger partial charge in [0.05, 0.1) is 0 Å². The van der Waals surface area contributed by atoms with E-state index in [-0.39, 0.29) is 23.8 Å². The predicted octanol–water partition coefficient (Wildman–Crippen LogP) is 5.25. The molecule has 0 unspecified atom stereocenters. The number of ether oxygens (including phenoxy) is 1. The first kappa shape index (κ1) is 26.4. The molecule has 1 atom stereocenters. The van der Waals surface area contributed by atoms with Gasteiger partial charge in [-0.05, 0) is 41.9 Å². The molecule has 0 spiro atoms. The highest BCUT2D eigenvalue weighted by atomic mass is 16.5. The van der Waals surface area contributed by atoms with Crippen LogP contribution in [0.3, 0.4) is 0 Å². The van der Waals surface area contributed by atoms with Crippen LogP contribution in [0.4, 0.5) is 0 Å². The molecule has 0 aromatic heterocycles. The maximum Gasteiger partial charge on any atom is 0.261 e. The number of rotatable bonds is 10. The van der Waals surface area contributed by atoms with Gasteiger partial charge in [0.2, 0.25) is 5.91 Å². The molecule has 0 heterocycles. The van der Waals surface area contributed by atoms with Gasteiger partial charge in [0.15, 0.2) is 6.61 Å². The van der Waals surface area contributed by atoms with Crippen LogP contribution in [0.15, 0.2) is 48.5 Å². The van der Waals surface area contributed by atoms with Gasteiger partial charge in [0, 0.05) is 13.1 Å². The van der Waals surface area contributed by atoms with Gasteiger partial charge in [-0.1, -0.05) is 89.6 Å². The molecule has 5 nitrogen and oxygen atoms in total. The number of nitrogens with zero attached hydrogens (tertiary/aromatic N) is 1. The van der Waals surface area contributed by atoms with Crippen LogP contribution in [0.2, 0.25) is 0 Å². The third kappa shape index (κ3) is 7.92. The molecule has 33 heavy (non-hydrogen) atoms. The average Bonchev–Trinajstić information content (AvgIpc) is 2.75. The molecule has 0 aliphatic rings. The summed E-state index contributed by atoms with van der Waals surface area (Å²) in [5, 5.41) is 2.99. The van der Waals surface area contributed by atoms with Crippen molar-refractivity contribution in [3.63, 3.8) is 0 Å². The van der Waals surface area contributed by atoms with Gasteiger partial charge in [-0.25, -0.2) is 0 Å². The molecule has 2 aromatic rings. The minimum Gasteiger partial charge on any atom is -0.483 e. The quantitative estimate of drug-likeness (QED) is 0.536. The number of amides is 2. The zero-order valence-electron chi connectivity index (χ0n) is 21.3. The summed E-state index contributed by atoms with van der Waals surface area (Å²) in [6, 6.07) is 15.3. The summed E-state index contributed by atoms with van der Waals surface area (Å²) in [6.07, 6.45) is 0.528. The number of aryl methyl sites for hydroxylation is 1. The summed E-state index contributed by atoms with van der Waals surface area (Å²) in [4.78, 5) is 28.1. The molecule has 0 aliphatic heterocycles. The molecule has 2 rings (SSSR count). The Morgan fingerprint density at radius 1 is 1.06 bits per heavy atom. The fourth-order valence-electron chi connectivity index (χ4n) is 3.78. The minimum atomic E-state index is -0.557. The monoisotopic (exact) mass is 452 g/mol. The van der Waals surface area contributed by atoms with E-state index in [1.54, 1.807) is 4.90 Å². The van der Waals surface area contributed by atoms with Gasteiger partial charge in [-0.15, -0.1) is 0 Å². The van der Waals surface area contributed by atoms with Gasteiger partial charge in [0.1, 0.15) is 11.8 Å². The standard InChI is InChI=1S/C28H40N2O3/c1-8-24(27(32)29-17-20(2)3)30(18-22-13-11-12-21(4)16-22)26(31)19-33-25-15-10-9-14-23(25)28(5,6)7/h9-16,20,24H,8,17-19H2,1-7H3,(H,29,32)/t24-/m0/s1. The highest BCUT2D eigenvalue weighted by molar-refractivity contribution is 5.88. The Morgan fingerprint density at radius 2 is 1.76 bits per heavy atom. The van der Waals surface area contributed by atoms with Gasteiger partial charge in [-0.3, -0.25) is 9.59 Å². The third-order valence-electron chi connectivity index (χ3n) is 5.55. The second-order valence-corrected chi connectivity index (χ2v) is 10.1. The van der Waals surface area contributed by atoms with Crippen molar-refractivity contribution in [1.82, 2.24) is 10.2 Å². The smallest absolute Gasteiger partial charge is 0.261 e. The predicted molar refractivity (Wildman–Crippen MR) is 134 cm³/mol. The molecule has 180 valence electrons. The maximum atomic E-state index is 13.4.